The Labute approximate surface area is 354 Å². The molecule has 0 aliphatic carbocycles. The molecule has 0 amide bonds. The number of anilines is 3. The molecule has 0 aliphatic rings. The lowest BCUT2D eigenvalue weighted by molar-refractivity contribution is 1.28. The Kier molecular flexibility index (Phi) is 9.11. The van der Waals surface area contributed by atoms with Gasteiger partial charge in [0.25, 0.3) is 0 Å². The molecule has 10 aromatic carbocycles. The molecule has 0 atom stereocenters. The number of hydrogen-bond acceptors (Lipinski definition) is 2. The second-order valence-electron chi connectivity index (χ2n) is 15.3. The SMILES string of the molecule is c1ccc(-c2ccc(N(c3ccc(-c4ccc(-c5cccc(-c6cccc7ccccc67)c5)cc4)cc3)c3ccc(-c4ccc5c(c4)sc4ccccc45)cc3)cc2)cc1. The summed E-state index contributed by atoms with van der Waals surface area (Å²) in [6, 6.07) is 86.0. The minimum absolute atomic E-state index is 1.10. The van der Waals surface area contributed by atoms with Crippen LogP contribution in [0.15, 0.2) is 237 Å². The Hall–Kier alpha value is -7.52. The van der Waals surface area contributed by atoms with Gasteiger partial charge in [0.2, 0.25) is 0 Å². The van der Waals surface area contributed by atoms with Crippen molar-refractivity contribution >= 4 is 59.3 Å². The molecule has 0 N–H and O–H groups in total. The van der Waals surface area contributed by atoms with Crippen LogP contribution in [-0.4, -0.2) is 0 Å². The second-order valence-corrected chi connectivity index (χ2v) is 16.4. The minimum atomic E-state index is 1.10. The zero-order chi connectivity index (χ0) is 39.8. The predicted octanol–water partition coefficient (Wildman–Crippen LogP) is 17.0. The van der Waals surface area contributed by atoms with Crippen LogP contribution < -0.4 is 4.90 Å². The van der Waals surface area contributed by atoms with Gasteiger partial charge < -0.3 is 4.90 Å². The van der Waals surface area contributed by atoms with Crippen LogP contribution in [0.4, 0.5) is 17.1 Å². The monoisotopic (exact) mass is 781 g/mol. The molecule has 11 rings (SSSR count). The van der Waals surface area contributed by atoms with Gasteiger partial charge in [0.05, 0.1) is 0 Å². The van der Waals surface area contributed by atoms with Crippen LogP contribution >= 0.6 is 11.3 Å². The van der Waals surface area contributed by atoms with E-state index in [-0.39, 0.29) is 0 Å². The summed E-state index contributed by atoms with van der Waals surface area (Å²) >= 11 is 1.86. The van der Waals surface area contributed by atoms with E-state index in [9.17, 15) is 0 Å². The lowest BCUT2D eigenvalue weighted by Gasteiger charge is -2.26. The van der Waals surface area contributed by atoms with E-state index in [1.807, 2.05) is 11.3 Å². The first-order chi connectivity index (χ1) is 29.7. The van der Waals surface area contributed by atoms with Gasteiger partial charge in [-0.05, 0) is 121 Å². The fourth-order valence-corrected chi connectivity index (χ4v) is 9.74. The predicted molar refractivity (Wildman–Crippen MR) is 259 cm³/mol. The van der Waals surface area contributed by atoms with Crippen LogP contribution in [0.3, 0.4) is 0 Å². The van der Waals surface area contributed by atoms with Crippen molar-refractivity contribution in [3.63, 3.8) is 0 Å². The third kappa shape index (κ3) is 6.73. The lowest BCUT2D eigenvalue weighted by Crippen LogP contribution is -2.09. The summed E-state index contributed by atoms with van der Waals surface area (Å²) in [4.78, 5) is 2.35. The quantitative estimate of drug-likeness (QED) is 0.148. The van der Waals surface area contributed by atoms with E-state index in [4.69, 9.17) is 0 Å². The molecule has 1 nitrogen and oxygen atoms in total. The maximum absolute atomic E-state index is 2.35. The van der Waals surface area contributed by atoms with Crippen molar-refractivity contribution in [3.05, 3.63) is 237 Å². The molecule has 0 aliphatic heterocycles. The zero-order valence-electron chi connectivity index (χ0n) is 32.9. The average Bonchev–Trinajstić information content (AvgIpc) is 3.71. The highest BCUT2D eigenvalue weighted by molar-refractivity contribution is 7.25. The molecule has 2 heteroatoms. The average molecular weight is 782 g/mol. The standard InChI is InChI=1S/C58H39NS/c1-2-10-40(11-3-1)42-24-31-50(32-25-42)59(52-35-28-45(29-36-52)48-30-37-56-55-17-6-7-19-57(55)60-58(56)39-48)51-33-26-43(27-34-51)41-20-22-44(23-21-41)47-14-8-15-49(38-47)54-18-9-13-46-12-4-5-16-53(46)54/h1-39H. The summed E-state index contributed by atoms with van der Waals surface area (Å²) in [6.07, 6.45) is 0. The number of thiophene rings is 1. The van der Waals surface area contributed by atoms with Crippen LogP contribution in [0.1, 0.15) is 0 Å². The molecule has 0 fully saturated rings. The Morgan fingerprint density at radius 2 is 0.667 bits per heavy atom. The molecule has 1 heterocycles. The van der Waals surface area contributed by atoms with Gasteiger partial charge in [0, 0.05) is 37.2 Å². The molecular weight excluding hydrogens is 743 g/mol. The van der Waals surface area contributed by atoms with Gasteiger partial charge in [-0.2, -0.15) is 0 Å². The number of fused-ring (bicyclic) bond motifs is 4. The van der Waals surface area contributed by atoms with Crippen molar-refractivity contribution in [3.8, 4) is 55.6 Å². The minimum Gasteiger partial charge on any atom is -0.311 e. The van der Waals surface area contributed by atoms with E-state index in [1.54, 1.807) is 0 Å². The van der Waals surface area contributed by atoms with Crippen LogP contribution in [0.25, 0.3) is 86.6 Å². The van der Waals surface area contributed by atoms with Crippen LogP contribution in [0.5, 0.6) is 0 Å². The smallest absolute Gasteiger partial charge is 0.0462 e. The summed E-state index contributed by atoms with van der Waals surface area (Å²) in [5.74, 6) is 0. The molecule has 0 spiro atoms. The molecule has 60 heavy (non-hydrogen) atoms. The van der Waals surface area contributed by atoms with Crippen molar-refractivity contribution in [2.45, 2.75) is 0 Å². The van der Waals surface area contributed by atoms with Crippen molar-refractivity contribution in [2.24, 2.45) is 0 Å². The zero-order valence-corrected chi connectivity index (χ0v) is 33.7. The molecule has 0 saturated carbocycles. The third-order valence-electron chi connectivity index (χ3n) is 11.7. The molecular formula is C58H39NS. The molecule has 11 aromatic rings. The summed E-state index contributed by atoms with van der Waals surface area (Å²) in [5.41, 5.74) is 15.4. The Balaban J connectivity index is 0.895. The Morgan fingerprint density at radius 1 is 0.250 bits per heavy atom. The Morgan fingerprint density at radius 3 is 1.32 bits per heavy atom. The maximum Gasteiger partial charge on any atom is 0.0462 e. The van der Waals surface area contributed by atoms with Crippen molar-refractivity contribution in [2.75, 3.05) is 4.90 Å². The fourth-order valence-electron chi connectivity index (χ4n) is 8.59. The highest BCUT2D eigenvalue weighted by Gasteiger charge is 2.15. The third-order valence-corrected chi connectivity index (χ3v) is 12.8. The molecule has 0 radical (unpaired) electrons. The van der Waals surface area contributed by atoms with Crippen LogP contribution in [0.2, 0.25) is 0 Å². The number of hydrogen-bond donors (Lipinski definition) is 0. The van der Waals surface area contributed by atoms with Gasteiger partial charge in [-0.1, -0.05) is 182 Å². The van der Waals surface area contributed by atoms with Crippen LogP contribution in [-0.2, 0) is 0 Å². The summed E-state index contributed by atoms with van der Waals surface area (Å²) < 4.78 is 2.65. The van der Waals surface area contributed by atoms with E-state index in [0.29, 0.717) is 0 Å². The molecule has 0 bridgehead atoms. The van der Waals surface area contributed by atoms with Gasteiger partial charge in [0.15, 0.2) is 0 Å². The highest BCUT2D eigenvalue weighted by atomic mass is 32.1. The normalized spacial score (nSPS) is 11.3. The number of nitrogens with zero attached hydrogens (tertiary/aromatic N) is 1. The summed E-state index contributed by atoms with van der Waals surface area (Å²) in [5, 5.41) is 5.18. The maximum atomic E-state index is 2.35. The van der Waals surface area contributed by atoms with Crippen molar-refractivity contribution in [1.29, 1.82) is 0 Å². The van der Waals surface area contributed by atoms with Gasteiger partial charge in [-0.25, -0.2) is 0 Å². The van der Waals surface area contributed by atoms with Gasteiger partial charge >= 0.3 is 0 Å². The van der Waals surface area contributed by atoms with Crippen LogP contribution in [0, 0.1) is 0 Å². The fraction of sp³-hybridized carbons (Fsp3) is 0. The number of benzene rings is 10. The first kappa shape index (κ1) is 35.6. The Bertz CT molecular complexity index is 3270. The van der Waals surface area contributed by atoms with E-state index in [0.717, 1.165) is 17.1 Å². The topological polar surface area (TPSA) is 3.24 Å². The second kappa shape index (κ2) is 15.3. The molecule has 0 unspecified atom stereocenters. The van der Waals surface area contributed by atoms with Crippen molar-refractivity contribution < 1.29 is 0 Å². The largest absolute Gasteiger partial charge is 0.311 e. The van der Waals surface area contributed by atoms with Gasteiger partial charge in [-0.3, -0.25) is 0 Å². The van der Waals surface area contributed by atoms with E-state index >= 15 is 0 Å². The molecule has 0 saturated heterocycles. The number of rotatable bonds is 8. The molecule has 282 valence electrons. The lowest BCUT2D eigenvalue weighted by atomic mass is 9.94. The first-order valence-electron chi connectivity index (χ1n) is 20.5. The van der Waals surface area contributed by atoms with Gasteiger partial charge in [0.1, 0.15) is 0 Å². The summed E-state index contributed by atoms with van der Waals surface area (Å²) in [7, 11) is 0. The first-order valence-corrected chi connectivity index (χ1v) is 21.3. The molecule has 1 aromatic heterocycles. The van der Waals surface area contributed by atoms with E-state index in [2.05, 4.69) is 241 Å². The van der Waals surface area contributed by atoms with Gasteiger partial charge in [-0.15, -0.1) is 11.3 Å². The van der Waals surface area contributed by atoms with E-state index in [1.165, 1.54) is 86.6 Å². The summed E-state index contributed by atoms with van der Waals surface area (Å²) in [6.45, 7) is 0. The van der Waals surface area contributed by atoms with Crippen molar-refractivity contribution in [1.82, 2.24) is 0 Å². The highest BCUT2D eigenvalue weighted by Crippen LogP contribution is 2.40. The van der Waals surface area contributed by atoms with E-state index < -0.39 is 0 Å².